The summed E-state index contributed by atoms with van der Waals surface area (Å²) in [4.78, 5) is 33.6. The highest BCUT2D eigenvalue weighted by molar-refractivity contribution is 5.94. The number of hydrogen-bond acceptors (Lipinski definition) is 7. The van der Waals surface area contributed by atoms with Crippen molar-refractivity contribution >= 4 is 23.3 Å². The molecule has 0 aliphatic rings. The predicted molar refractivity (Wildman–Crippen MR) is 101 cm³/mol. The van der Waals surface area contributed by atoms with Crippen molar-refractivity contribution in [3.8, 4) is 11.5 Å². The zero-order chi connectivity index (χ0) is 23.2. The molecule has 0 aliphatic heterocycles. The summed E-state index contributed by atoms with van der Waals surface area (Å²) >= 11 is 0. The molecule has 12 heteroatoms. The van der Waals surface area contributed by atoms with E-state index in [9.17, 15) is 38.0 Å². The molecule has 2 N–H and O–H groups in total. The SMILES string of the molecule is COc1ccc(CCC(=O)OCC(=O)Nc2ccc(C(F)(F)F)cc2[N+](=O)[O-])cc1O. The molecule has 2 aromatic carbocycles. The lowest BCUT2D eigenvalue weighted by Crippen LogP contribution is -2.21. The number of ether oxygens (including phenoxy) is 2. The lowest BCUT2D eigenvalue weighted by molar-refractivity contribution is -0.384. The van der Waals surface area contributed by atoms with Crippen molar-refractivity contribution in [3.63, 3.8) is 0 Å². The summed E-state index contributed by atoms with van der Waals surface area (Å²) in [6.07, 6.45) is -4.72. The van der Waals surface area contributed by atoms with Gasteiger partial charge in [0.25, 0.3) is 11.6 Å². The topological polar surface area (TPSA) is 128 Å². The van der Waals surface area contributed by atoms with E-state index in [1.54, 1.807) is 6.07 Å². The third-order valence-electron chi connectivity index (χ3n) is 4.02. The van der Waals surface area contributed by atoms with Gasteiger partial charge in [-0.2, -0.15) is 13.2 Å². The molecular weight excluding hydrogens is 425 g/mol. The lowest BCUT2D eigenvalue weighted by atomic mass is 10.1. The number of methoxy groups -OCH3 is 1. The summed E-state index contributed by atoms with van der Waals surface area (Å²) in [6, 6.07) is 6.17. The van der Waals surface area contributed by atoms with E-state index in [-0.39, 0.29) is 24.3 Å². The van der Waals surface area contributed by atoms with Gasteiger partial charge in [-0.05, 0) is 36.2 Å². The predicted octanol–water partition coefficient (Wildman–Crippen LogP) is 3.44. The second-order valence-corrected chi connectivity index (χ2v) is 6.20. The Morgan fingerprint density at radius 1 is 1.19 bits per heavy atom. The molecule has 2 aromatic rings. The van der Waals surface area contributed by atoms with Crippen molar-refractivity contribution in [2.24, 2.45) is 0 Å². The first-order valence-corrected chi connectivity index (χ1v) is 8.68. The zero-order valence-corrected chi connectivity index (χ0v) is 16.1. The molecule has 2 rings (SSSR count). The van der Waals surface area contributed by atoms with E-state index in [4.69, 9.17) is 9.47 Å². The molecule has 0 unspecified atom stereocenters. The number of aromatic hydroxyl groups is 1. The molecular formula is C19H17F3N2O7. The quantitative estimate of drug-likeness (QED) is 0.364. The van der Waals surface area contributed by atoms with E-state index in [2.05, 4.69) is 0 Å². The number of alkyl halides is 3. The van der Waals surface area contributed by atoms with Crippen molar-refractivity contribution in [2.75, 3.05) is 19.0 Å². The standard InChI is InChI=1S/C19H17F3N2O7/c1-30-16-6-2-11(8-15(16)25)3-7-18(27)31-10-17(26)23-13-5-4-12(19(20,21)22)9-14(13)24(28)29/h2,4-6,8-9,25H,3,7,10H2,1H3,(H,23,26). The van der Waals surface area contributed by atoms with Gasteiger partial charge in [-0.3, -0.25) is 19.7 Å². The smallest absolute Gasteiger partial charge is 0.416 e. The lowest BCUT2D eigenvalue weighted by Gasteiger charge is -2.10. The maximum Gasteiger partial charge on any atom is 0.416 e. The number of rotatable bonds is 8. The summed E-state index contributed by atoms with van der Waals surface area (Å²) in [6.45, 7) is -0.787. The number of carbonyl (C=O) groups is 2. The van der Waals surface area contributed by atoms with Crippen LogP contribution in [-0.4, -0.2) is 35.6 Å². The second-order valence-electron chi connectivity index (χ2n) is 6.20. The number of nitro benzene ring substituents is 1. The normalized spacial score (nSPS) is 11.0. The molecule has 0 spiro atoms. The van der Waals surface area contributed by atoms with Crippen LogP contribution >= 0.6 is 0 Å². The van der Waals surface area contributed by atoms with Gasteiger partial charge in [-0.15, -0.1) is 0 Å². The first kappa shape index (κ1) is 23.4. The second kappa shape index (κ2) is 9.78. The molecule has 0 bridgehead atoms. The zero-order valence-electron chi connectivity index (χ0n) is 16.1. The molecule has 0 atom stereocenters. The van der Waals surface area contributed by atoms with Crippen molar-refractivity contribution in [3.05, 3.63) is 57.6 Å². The molecule has 31 heavy (non-hydrogen) atoms. The summed E-state index contributed by atoms with van der Waals surface area (Å²) in [7, 11) is 1.39. The Morgan fingerprint density at radius 3 is 2.48 bits per heavy atom. The van der Waals surface area contributed by atoms with Crippen LogP contribution < -0.4 is 10.1 Å². The number of hydrogen-bond donors (Lipinski definition) is 2. The summed E-state index contributed by atoms with van der Waals surface area (Å²) in [5.41, 5.74) is -2.05. The number of nitrogens with one attached hydrogen (secondary N) is 1. The van der Waals surface area contributed by atoms with E-state index in [1.165, 1.54) is 19.2 Å². The van der Waals surface area contributed by atoms with Crippen LogP contribution in [0.1, 0.15) is 17.5 Å². The minimum absolute atomic E-state index is 0.106. The fourth-order valence-corrected chi connectivity index (χ4v) is 2.51. The highest BCUT2D eigenvalue weighted by Crippen LogP contribution is 2.35. The fourth-order valence-electron chi connectivity index (χ4n) is 2.51. The number of anilines is 1. The molecule has 0 heterocycles. The number of phenolic OH excluding ortho intramolecular Hbond substituents is 1. The highest BCUT2D eigenvalue weighted by Gasteiger charge is 2.33. The summed E-state index contributed by atoms with van der Waals surface area (Å²) < 4.78 is 47.8. The number of phenols is 1. The van der Waals surface area contributed by atoms with E-state index in [0.29, 0.717) is 17.7 Å². The number of amides is 1. The number of halogens is 3. The van der Waals surface area contributed by atoms with Gasteiger partial charge < -0.3 is 19.9 Å². The third-order valence-corrected chi connectivity index (χ3v) is 4.02. The Morgan fingerprint density at radius 2 is 1.90 bits per heavy atom. The number of carbonyl (C=O) groups excluding carboxylic acids is 2. The maximum absolute atomic E-state index is 12.7. The van der Waals surface area contributed by atoms with Crippen molar-refractivity contribution in [2.45, 2.75) is 19.0 Å². The van der Waals surface area contributed by atoms with Crippen LogP contribution in [0.4, 0.5) is 24.5 Å². The van der Waals surface area contributed by atoms with Gasteiger partial charge in [0.1, 0.15) is 5.69 Å². The monoisotopic (exact) mass is 442 g/mol. The highest BCUT2D eigenvalue weighted by atomic mass is 19.4. The van der Waals surface area contributed by atoms with Crippen molar-refractivity contribution < 1.29 is 42.3 Å². The number of nitro groups is 1. The molecule has 0 aliphatic carbocycles. The fraction of sp³-hybridized carbons (Fsp3) is 0.263. The van der Waals surface area contributed by atoms with Gasteiger partial charge in [0.15, 0.2) is 18.1 Å². The van der Waals surface area contributed by atoms with Gasteiger partial charge >= 0.3 is 12.1 Å². The molecule has 0 saturated heterocycles. The van der Waals surface area contributed by atoms with Crippen molar-refractivity contribution in [1.82, 2.24) is 0 Å². The van der Waals surface area contributed by atoms with Crippen molar-refractivity contribution in [1.29, 1.82) is 0 Å². The summed E-state index contributed by atoms with van der Waals surface area (Å²) in [5, 5.41) is 22.7. The van der Waals surface area contributed by atoms with Crippen LogP contribution in [0.25, 0.3) is 0 Å². The van der Waals surface area contributed by atoms with E-state index in [1.807, 2.05) is 5.32 Å². The average molecular weight is 442 g/mol. The van der Waals surface area contributed by atoms with Crippen LogP contribution in [0.2, 0.25) is 0 Å². The van der Waals surface area contributed by atoms with E-state index >= 15 is 0 Å². The molecule has 0 saturated carbocycles. The average Bonchev–Trinajstić information content (AvgIpc) is 2.70. The Balaban J connectivity index is 1.90. The Bertz CT molecular complexity index is 993. The number of esters is 1. The van der Waals surface area contributed by atoms with E-state index < -0.39 is 46.5 Å². The molecule has 0 radical (unpaired) electrons. The maximum atomic E-state index is 12.7. The van der Waals surface area contributed by atoms with Crippen LogP contribution in [0.5, 0.6) is 11.5 Å². The molecule has 9 nitrogen and oxygen atoms in total. The largest absolute Gasteiger partial charge is 0.504 e. The third kappa shape index (κ3) is 6.59. The minimum Gasteiger partial charge on any atom is -0.504 e. The van der Waals surface area contributed by atoms with Crippen LogP contribution in [0, 0.1) is 10.1 Å². The van der Waals surface area contributed by atoms with Gasteiger partial charge in [-0.1, -0.05) is 6.07 Å². The van der Waals surface area contributed by atoms with Gasteiger partial charge in [0.05, 0.1) is 17.6 Å². The van der Waals surface area contributed by atoms with Crippen LogP contribution in [0.3, 0.4) is 0 Å². The van der Waals surface area contributed by atoms with Gasteiger partial charge in [0, 0.05) is 12.5 Å². The van der Waals surface area contributed by atoms with Crippen LogP contribution in [-0.2, 0) is 26.9 Å². The summed E-state index contributed by atoms with van der Waals surface area (Å²) in [5.74, 6) is -1.56. The minimum atomic E-state index is -4.79. The first-order chi connectivity index (χ1) is 14.5. The number of nitrogens with zero attached hydrogens (tertiary/aromatic N) is 1. The molecule has 166 valence electrons. The first-order valence-electron chi connectivity index (χ1n) is 8.68. The molecule has 0 aromatic heterocycles. The number of benzene rings is 2. The van der Waals surface area contributed by atoms with E-state index in [0.717, 1.165) is 6.07 Å². The number of aryl methyl sites for hydroxylation is 1. The Labute approximate surface area is 173 Å². The Kier molecular flexibility index (Phi) is 7.40. The Hall–Kier alpha value is -3.83. The van der Waals surface area contributed by atoms with Crippen LogP contribution in [0.15, 0.2) is 36.4 Å². The molecule has 1 amide bonds. The molecule has 0 fully saturated rings. The van der Waals surface area contributed by atoms with Gasteiger partial charge in [0.2, 0.25) is 0 Å². The van der Waals surface area contributed by atoms with Gasteiger partial charge in [-0.25, -0.2) is 0 Å².